The van der Waals surface area contributed by atoms with Crippen LogP contribution in [0.1, 0.15) is 23.8 Å². The zero-order valence-electron chi connectivity index (χ0n) is 16.0. The molecule has 1 aromatic heterocycles. The second-order valence-corrected chi connectivity index (χ2v) is 6.76. The molecule has 1 amide bonds. The van der Waals surface area contributed by atoms with Crippen molar-refractivity contribution in [3.63, 3.8) is 0 Å². The highest BCUT2D eigenvalue weighted by Gasteiger charge is 2.35. The molecule has 7 nitrogen and oxygen atoms in total. The van der Waals surface area contributed by atoms with Gasteiger partial charge in [-0.2, -0.15) is 4.98 Å². The summed E-state index contributed by atoms with van der Waals surface area (Å²) in [6, 6.07) is 13.3. The number of hydrogen-bond donors (Lipinski definition) is 0. The molecule has 0 radical (unpaired) electrons. The molecule has 0 spiro atoms. The third kappa shape index (κ3) is 3.31. The number of aryl methyl sites for hydroxylation is 1. The highest BCUT2D eigenvalue weighted by molar-refractivity contribution is 5.96. The average Bonchev–Trinajstić information content (AvgIpc) is 3.35. The number of anilines is 1. The Kier molecular flexibility index (Phi) is 4.73. The lowest BCUT2D eigenvalue weighted by atomic mass is 10.1. The number of methoxy groups -OCH3 is 2. The number of hydrogen-bond acceptors (Lipinski definition) is 6. The van der Waals surface area contributed by atoms with Gasteiger partial charge in [0.2, 0.25) is 17.6 Å². The molecule has 3 aromatic rings. The van der Waals surface area contributed by atoms with Gasteiger partial charge in [0.05, 0.1) is 25.7 Å². The zero-order valence-corrected chi connectivity index (χ0v) is 16.0. The largest absolute Gasteiger partial charge is 0.497 e. The van der Waals surface area contributed by atoms with Gasteiger partial charge in [0, 0.05) is 24.7 Å². The van der Waals surface area contributed by atoms with E-state index in [1.54, 1.807) is 25.2 Å². The molecule has 0 aliphatic carbocycles. The molecule has 28 heavy (non-hydrogen) atoms. The number of nitrogens with zero attached hydrogens (tertiary/aromatic N) is 3. The van der Waals surface area contributed by atoms with Crippen LogP contribution >= 0.6 is 0 Å². The van der Waals surface area contributed by atoms with Crippen LogP contribution in [0, 0.1) is 6.92 Å². The minimum Gasteiger partial charge on any atom is -0.497 e. The standard InChI is InChI=1S/C21H21N3O4/c1-13-4-6-15(7-5-13)24-12-14(10-19(24)25)21-22-20(23-28-21)17-9-8-16(26-2)11-18(17)27-3/h4-9,11,14H,10,12H2,1-3H3. The number of aromatic nitrogens is 2. The maximum absolute atomic E-state index is 12.5. The highest BCUT2D eigenvalue weighted by Crippen LogP contribution is 2.35. The summed E-state index contributed by atoms with van der Waals surface area (Å²) in [4.78, 5) is 18.8. The summed E-state index contributed by atoms with van der Waals surface area (Å²) in [6.45, 7) is 2.54. The lowest BCUT2D eigenvalue weighted by molar-refractivity contribution is -0.117. The molecule has 1 atom stereocenters. The minimum absolute atomic E-state index is 0.0515. The average molecular weight is 379 g/mol. The van der Waals surface area contributed by atoms with Gasteiger partial charge in [0.1, 0.15) is 11.5 Å². The molecule has 0 saturated carbocycles. The quantitative estimate of drug-likeness (QED) is 0.674. The molecule has 1 fully saturated rings. The SMILES string of the molecule is COc1ccc(-c2noc(C3CC(=O)N(c4ccc(C)cc4)C3)n2)c(OC)c1. The predicted molar refractivity (Wildman–Crippen MR) is 104 cm³/mol. The van der Waals surface area contributed by atoms with Crippen molar-refractivity contribution in [2.24, 2.45) is 0 Å². The van der Waals surface area contributed by atoms with E-state index in [4.69, 9.17) is 14.0 Å². The summed E-state index contributed by atoms with van der Waals surface area (Å²) in [6.07, 6.45) is 0.343. The van der Waals surface area contributed by atoms with Crippen LogP contribution in [0.4, 0.5) is 5.69 Å². The van der Waals surface area contributed by atoms with E-state index in [2.05, 4.69) is 10.1 Å². The fourth-order valence-electron chi connectivity index (χ4n) is 3.34. The first-order valence-electron chi connectivity index (χ1n) is 9.02. The topological polar surface area (TPSA) is 77.7 Å². The molecule has 1 unspecified atom stereocenters. The normalized spacial score (nSPS) is 16.5. The van der Waals surface area contributed by atoms with E-state index in [1.165, 1.54) is 0 Å². The van der Waals surface area contributed by atoms with E-state index in [1.807, 2.05) is 43.3 Å². The van der Waals surface area contributed by atoms with Crippen LogP contribution in [0.15, 0.2) is 47.0 Å². The summed E-state index contributed by atoms with van der Waals surface area (Å²) >= 11 is 0. The van der Waals surface area contributed by atoms with Crippen LogP contribution in [0.2, 0.25) is 0 Å². The van der Waals surface area contributed by atoms with E-state index in [0.717, 1.165) is 11.3 Å². The van der Waals surface area contributed by atoms with Gasteiger partial charge < -0.3 is 18.9 Å². The first kappa shape index (κ1) is 18.0. The summed E-state index contributed by atoms with van der Waals surface area (Å²) in [7, 11) is 3.17. The van der Waals surface area contributed by atoms with Gasteiger partial charge in [-0.3, -0.25) is 4.79 Å². The first-order valence-corrected chi connectivity index (χ1v) is 9.02. The van der Waals surface area contributed by atoms with Gasteiger partial charge in [-0.1, -0.05) is 22.9 Å². The van der Waals surface area contributed by atoms with E-state index in [-0.39, 0.29) is 11.8 Å². The zero-order chi connectivity index (χ0) is 19.7. The van der Waals surface area contributed by atoms with Crippen LogP contribution in [0.25, 0.3) is 11.4 Å². The van der Waals surface area contributed by atoms with Crippen molar-refractivity contribution in [3.05, 3.63) is 53.9 Å². The van der Waals surface area contributed by atoms with Gasteiger partial charge in [0.15, 0.2) is 0 Å². The van der Waals surface area contributed by atoms with Crippen LogP contribution < -0.4 is 14.4 Å². The Bertz CT molecular complexity index is 997. The summed E-state index contributed by atoms with van der Waals surface area (Å²) in [5.41, 5.74) is 2.75. The Hall–Kier alpha value is -3.35. The van der Waals surface area contributed by atoms with E-state index >= 15 is 0 Å². The van der Waals surface area contributed by atoms with Gasteiger partial charge in [0.25, 0.3) is 0 Å². The molecule has 1 aliphatic rings. The third-order valence-electron chi connectivity index (χ3n) is 4.91. The van der Waals surface area contributed by atoms with Crippen LogP contribution in [0.3, 0.4) is 0 Å². The molecule has 7 heteroatoms. The summed E-state index contributed by atoms with van der Waals surface area (Å²) in [5.74, 6) is 2.07. The lowest BCUT2D eigenvalue weighted by Gasteiger charge is -2.16. The molecular weight excluding hydrogens is 358 g/mol. The fourth-order valence-corrected chi connectivity index (χ4v) is 3.34. The Morgan fingerprint density at radius 3 is 2.61 bits per heavy atom. The molecule has 144 valence electrons. The van der Waals surface area contributed by atoms with Gasteiger partial charge in [-0.05, 0) is 31.2 Å². The maximum Gasteiger partial charge on any atom is 0.232 e. The smallest absolute Gasteiger partial charge is 0.232 e. The molecule has 2 aromatic carbocycles. The third-order valence-corrected chi connectivity index (χ3v) is 4.91. The van der Waals surface area contributed by atoms with E-state index < -0.39 is 0 Å². The number of carbonyl (C=O) groups excluding carboxylic acids is 1. The van der Waals surface area contributed by atoms with Gasteiger partial charge >= 0.3 is 0 Å². The van der Waals surface area contributed by atoms with Crippen molar-refractivity contribution >= 4 is 11.6 Å². The molecule has 0 bridgehead atoms. The lowest BCUT2D eigenvalue weighted by Crippen LogP contribution is -2.24. The Labute approximate surface area is 162 Å². The monoisotopic (exact) mass is 379 g/mol. The maximum atomic E-state index is 12.5. The Morgan fingerprint density at radius 1 is 1.11 bits per heavy atom. The second kappa shape index (κ2) is 7.34. The van der Waals surface area contributed by atoms with Crippen molar-refractivity contribution in [2.45, 2.75) is 19.3 Å². The first-order chi connectivity index (χ1) is 13.6. The van der Waals surface area contributed by atoms with Crippen molar-refractivity contribution in [1.82, 2.24) is 10.1 Å². The molecule has 1 saturated heterocycles. The molecular formula is C21H21N3O4. The predicted octanol–water partition coefficient (Wildman–Crippen LogP) is 3.58. The van der Waals surface area contributed by atoms with Crippen molar-refractivity contribution < 1.29 is 18.8 Å². The highest BCUT2D eigenvalue weighted by atomic mass is 16.5. The van der Waals surface area contributed by atoms with Crippen LogP contribution in [-0.2, 0) is 4.79 Å². The van der Waals surface area contributed by atoms with E-state index in [0.29, 0.717) is 41.7 Å². The number of amides is 1. The Morgan fingerprint density at radius 2 is 1.89 bits per heavy atom. The van der Waals surface area contributed by atoms with Crippen molar-refractivity contribution in [3.8, 4) is 22.9 Å². The number of benzene rings is 2. The Balaban J connectivity index is 1.57. The molecule has 2 heterocycles. The van der Waals surface area contributed by atoms with Gasteiger partial charge in [-0.25, -0.2) is 0 Å². The van der Waals surface area contributed by atoms with Gasteiger partial charge in [-0.15, -0.1) is 0 Å². The minimum atomic E-state index is -0.140. The van der Waals surface area contributed by atoms with Crippen molar-refractivity contribution in [2.75, 3.05) is 25.7 Å². The van der Waals surface area contributed by atoms with Crippen LogP contribution in [0.5, 0.6) is 11.5 Å². The van der Waals surface area contributed by atoms with Crippen molar-refractivity contribution in [1.29, 1.82) is 0 Å². The molecule has 0 N–H and O–H groups in total. The molecule has 1 aliphatic heterocycles. The number of carbonyl (C=O) groups is 1. The van der Waals surface area contributed by atoms with Crippen LogP contribution in [-0.4, -0.2) is 36.8 Å². The molecule has 4 rings (SSSR count). The second-order valence-electron chi connectivity index (χ2n) is 6.76. The fraction of sp³-hybridized carbons (Fsp3) is 0.286. The summed E-state index contributed by atoms with van der Waals surface area (Å²) in [5, 5.41) is 4.09. The summed E-state index contributed by atoms with van der Waals surface area (Å²) < 4.78 is 16.1. The number of rotatable bonds is 5. The van der Waals surface area contributed by atoms with E-state index in [9.17, 15) is 4.79 Å². The number of ether oxygens (including phenoxy) is 2.